The zero-order valence-corrected chi connectivity index (χ0v) is 11.3. The maximum absolute atomic E-state index is 12.5. The van der Waals surface area contributed by atoms with Gasteiger partial charge in [0.25, 0.3) is 5.91 Å². The van der Waals surface area contributed by atoms with Crippen molar-refractivity contribution in [1.82, 2.24) is 10.2 Å². The monoisotopic (exact) mass is 260 g/mol. The maximum Gasteiger partial charge on any atom is 0.253 e. The number of amides is 1. The first-order valence-electron chi connectivity index (χ1n) is 6.92. The summed E-state index contributed by atoms with van der Waals surface area (Å²) in [4.78, 5) is 14.4. The van der Waals surface area contributed by atoms with E-state index < -0.39 is 0 Å². The van der Waals surface area contributed by atoms with Gasteiger partial charge in [-0.1, -0.05) is 6.07 Å². The summed E-state index contributed by atoms with van der Waals surface area (Å²) in [5.74, 6) is 0.157. The molecule has 3 rings (SSSR count). The molecule has 2 aliphatic heterocycles. The van der Waals surface area contributed by atoms with Crippen LogP contribution in [-0.2, 0) is 17.8 Å². The Morgan fingerprint density at radius 2 is 2.00 bits per heavy atom. The van der Waals surface area contributed by atoms with Gasteiger partial charge in [-0.25, -0.2) is 0 Å². The molecule has 1 saturated heterocycles. The molecule has 0 spiro atoms. The number of rotatable bonds is 2. The second-order valence-corrected chi connectivity index (χ2v) is 5.31. The molecule has 0 saturated carbocycles. The standard InChI is InChI=1S/C15H20N2O2/c1-19-14-4-6-17(7-5-14)15(18)11-2-3-12-9-16-10-13(12)8-11/h2-3,8,14,16H,4-7,9-10H2,1H3. The number of piperidine rings is 1. The highest BCUT2D eigenvalue weighted by atomic mass is 16.5. The minimum atomic E-state index is 0.157. The van der Waals surface area contributed by atoms with Crippen molar-refractivity contribution in [2.75, 3.05) is 20.2 Å². The minimum Gasteiger partial charge on any atom is -0.381 e. The predicted octanol–water partition coefficient (Wildman–Crippen LogP) is 1.54. The highest BCUT2D eigenvalue weighted by Crippen LogP contribution is 2.20. The lowest BCUT2D eigenvalue weighted by molar-refractivity contribution is 0.0350. The number of carbonyl (C=O) groups excluding carboxylic acids is 1. The van der Waals surface area contributed by atoms with Crippen LogP contribution < -0.4 is 5.32 Å². The van der Waals surface area contributed by atoms with Crippen molar-refractivity contribution in [3.05, 3.63) is 34.9 Å². The largest absolute Gasteiger partial charge is 0.381 e. The van der Waals surface area contributed by atoms with Crippen LogP contribution in [-0.4, -0.2) is 37.1 Å². The first kappa shape index (κ1) is 12.6. The summed E-state index contributed by atoms with van der Waals surface area (Å²) < 4.78 is 5.34. The van der Waals surface area contributed by atoms with E-state index in [0.717, 1.165) is 44.6 Å². The van der Waals surface area contributed by atoms with Gasteiger partial charge in [-0.05, 0) is 36.1 Å². The highest BCUT2D eigenvalue weighted by molar-refractivity contribution is 5.94. The summed E-state index contributed by atoms with van der Waals surface area (Å²) in [6.45, 7) is 3.39. The van der Waals surface area contributed by atoms with Crippen LogP contribution in [0.3, 0.4) is 0 Å². The summed E-state index contributed by atoms with van der Waals surface area (Å²) in [5, 5.41) is 3.31. The third-order valence-electron chi connectivity index (χ3n) is 4.15. The molecule has 1 N–H and O–H groups in total. The number of hydrogen-bond donors (Lipinski definition) is 1. The van der Waals surface area contributed by atoms with Gasteiger partial charge in [-0.3, -0.25) is 4.79 Å². The number of ether oxygens (including phenoxy) is 1. The molecule has 1 amide bonds. The molecule has 19 heavy (non-hydrogen) atoms. The average molecular weight is 260 g/mol. The van der Waals surface area contributed by atoms with Crippen LogP contribution in [0.2, 0.25) is 0 Å². The molecule has 4 nitrogen and oxygen atoms in total. The Morgan fingerprint density at radius 1 is 1.26 bits per heavy atom. The van der Waals surface area contributed by atoms with Crippen molar-refractivity contribution >= 4 is 5.91 Å². The number of nitrogens with one attached hydrogen (secondary N) is 1. The lowest BCUT2D eigenvalue weighted by Gasteiger charge is -2.31. The van der Waals surface area contributed by atoms with E-state index in [9.17, 15) is 4.79 Å². The molecular formula is C15H20N2O2. The molecule has 102 valence electrons. The van der Waals surface area contributed by atoms with E-state index >= 15 is 0 Å². The van der Waals surface area contributed by atoms with Gasteiger partial charge in [0.2, 0.25) is 0 Å². The Labute approximate surface area is 113 Å². The zero-order chi connectivity index (χ0) is 13.2. The molecule has 0 aliphatic carbocycles. The molecule has 2 aliphatic rings. The second-order valence-electron chi connectivity index (χ2n) is 5.31. The fourth-order valence-electron chi connectivity index (χ4n) is 2.90. The predicted molar refractivity (Wildman–Crippen MR) is 72.9 cm³/mol. The van der Waals surface area contributed by atoms with Crippen molar-refractivity contribution in [3.8, 4) is 0 Å². The van der Waals surface area contributed by atoms with Crippen LogP contribution in [0.25, 0.3) is 0 Å². The van der Waals surface area contributed by atoms with Crippen LogP contribution in [0.15, 0.2) is 18.2 Å². The Morgan fingerprint density at radius 3 is 2.74 bits per heavy atom. The molecule has 1 aromatic carbocycles. The molecule has 2 heterocycles. The summed E-state index contributed by atoms with van der Waals surface area (Å²) in [6, 6.07) is 6.07. The Balaban J connectivity index is 1.70. The van der Waals surface area contributed by atoms with Crippen LogP contribution >= 0.6 is 0 Å². The van der Waals surface area contributed by atoms with Crippen LogP contribution in [0, 0.1) is 0 Å². The highest BCUT2D eigenvalue weighted by Gasteiger charge is 2.24. The Bertz CT molecular complexity index is 479. The van der Waals surface area contributed by atoms with Gasteiger partial charge >= 0.3 is 0 Å². The number of fused-ring (bicyclic) bond motifs is 1. The van der Waals surface area contributed by atoms with E-state index in [1.165, 1.54) is 11.1 Å². The Hall–Kier alpha value is -1.39. The van der Waals surface area contributed by atoms with Gasteiger partial charge in [-0.15, -0.1) is 0 Å². The van der Waals surface area contributed by atoms with Crippen LogP contribution in [0.1, 0.15) is 34.3 Å². The Kier molecular flexibility index (Phi) is 3.53. The van der Waals surface area contributed by atoms with E-state index in [-0.39, 0.29) is 5.91 Å². The van der Waals surface area contributed by atoms with Gasteiger partial charge in [0.05, 0.1) is 6.10 Å². The van der Waals surface area contributed by atoms with E-state index in [1.54, 1.807) is 7.11 Å². The van der Waals surface area contributed by atoms with Crippen molar-refractivity contribution in [1.29, 1.82) is 0 Å². The molecule has 1 fully saturated rings. The number of nitrogens with zero attached hydrogens (tertiary/aromatic N) is 1. The summed E-state index contributed by atoms with van der Waals surface area (Å²) in [5.41, 5.74) is 3.39. The topological polar surface area (TPSA) is 41.6 Å². The minimum absolute atomic E-state index is 0.157. The molecule has 4 heteroatoms. The van der Waals surface area contributed by atoms with Crippen LogP contribution in [0.5, 0.6) is 0 Å². The lowest BCUT2D eigenvalue weighted by Crippen LogP contribution is -2.40. The smallest absolute Gasteiger partial charge is 0.253 e. The number of likely N-dealkylation sites (tertiary alicyclic amines) is 1. The maximum atomic E-state index is 12.5. The number of carbonyl (C=O) groups is 1. The fraction of sp³-hybridized carbons (Fsp3) is 0.533. The molecule has 0 aromatic heterocycles. The summed E-state index contributed by atoms with van der Waals surface area (Å²) in [7, 11) is 1.75. The number of hydrogen-bond acceptors (Lipinski definition) is 3. The molecule has 1 aromatic rings. The van der Waals surface area contributed by atoms with E-state index in [1.807, 2.05) is 17.0 Å². The van der Waals surface area contributed by atoms with E-state index in [4.69, 9.17) is 4.74 Å². The van der Waals surface area contributed by atoms with Gasteiger partial charge in [0.15, 0.2) is 0 Å². The van der Waals surface area contributed by atoms with Gasteiger partial charge < -0.3 is 15.0 Å². The van der Waals surface area contributed by atoms with Crippen molar-refractivity contribution < 1.29 is 9.53 Å². The second kappa shape index (κ2) is 5.31. The zero-order valence-electron chi connectivity index (χ0n) is 11.3. The van der Waals surface area contributed by atoms with Crippen molar-refractivity contribution in [2.24, 2.45) is 0 Å². The van der Waals surface area contributed by atoms with Gasteiger partial charge in [-0.2, -0.15) is 0 Å². The molecule has 0 bridgehead atoms. The number of methoxy groups -OCH3 is 1. The quantitative estimate of drug-likeness (QED) is 0.877. The van der Waals surface area contributed by atoms with Crippen molar-refractivity contribution in [2.45, 2.75) is 32.0 Å². The molecule has 0 radical (unpaired) electrons. The van der Waals surface area contributed by atoms with Gasteiger partial charge in [0, 0.05) is 38.9 Å². The molecule has 0 atom stereocenters. The first-order valence-corrected chi connectivity index (χ1v) is 6.92. The van der Waals surface area contributed by atoms with E-state index in [0.29, 0.717) is 6.10 Å². The molecule has 0 unspecified atom stereocenters. The van der Waals surface area contributed by atoms with Crippen LogP contribution in [0.4, 0.5) is 0 Å². The molecular weight excluding hydrogens is 240 g/mol. The lowest BCUT2D eigenvalue weighted by atomic mass is 10.0. The van der Waals surface area contributed by atoms with Crippen molar-refractivity contribution in [3.63, 3.8) is 0 Å². The van der Waals surface area contributed by atoms with Gasteiger partial charge in [0.1, 0.15) is 0 Å². The third kappa shape index (κ3) is 2.51. The third-order valence-corrected chi connectivity index (χ3v) is 4.15. The SMILES string of the molecule is COC1CCN(C(=O)c2ccc3c(c2)CNC3)CC1. The normalized spacial score (nSPS) is 19.5. The summed E-state index contributed by atoms with van der Waals surface area (Å²) >= 11 is 0. The first-order chi connectivity index (χ1) is 9.28. The average Bonchev–Trinajstić information content (AvgIpc) is 2.94. The fourth-order valence-corrected chi connectivity index (χ4v) is 2.90. The number of benzene rings is 1. The summed E-state index contributed by atoms with van der Waals surface area (Å²) in [6.07, 6.45) is 2.19. The van der Waals surface area contributed by atoms with E-state index in [2.05, 4.69) is 11.4 Å².